The van der Waals surface area contributed by atoms with Crippen LogP contribution in [0.25, 0.3) is 22.0 Å². The van der Waals surface area contributed by atoms with Crippen LogP contribution in [-0.2, 0) is 0 Å². The summed E-state index contributed by atoms with van der Waals surface area (Å²) in [5.74, 6) is 0.270. The first-order valence-electron chi connectivity index (χ1n) is 8.07. The van der Waals surface area contributed by atoms with Crippen LogP contribution < -0.4 is 0 Å². The van der Waals surface area contributed by atoms with Crippen LogP contribution in [0.4, 0.5) is 5.69 Å². The molecule has 0 aliphatic rings. The van der Waals surface area contributed by atoms with Crippen molar-refractivity contribution in [1.82, 2.24) is 9.97 Å². The summed E-state index contributed by atoms with van der Waals surface area (Å²) < 4.78 is 0. The van der Waals surface area contributed by atoms with Crippen molar-refractivity contribution in [3.63, 3.8) is 0 Å². The van der Waals surface area contributed by atoms with Crippen LogP contribution in [-0.4, -0.2) is 26.4 Å². The lowest BCUT2D eigenvalue weighted by Gasteiger charge is -2.05. The van der Waals surface area contributed by atoms with Gasteiger partial charge in [-0.15, -0.1) is 0 Å². The molecule has 5 heteroatoms. The van der Waals surface area contributed by atoms with E-state index in [0.29, 0.717) is 28.0 Å². The van der Waals surface area contributed by atoms with E-state index in [-0.39, 0.29) is 11.5 Å². The number of phenolic OH excluding ortho intramolecular Hbond substituents is 1. The van der Waals surface area contributed by atoms with E-state index in [0.717, 1.165) is 5.39 Å². The summed E-state index contributed by atoms with van der Waals surface area (Å²) in [5, 5.41) is 21.7. The van der Waals surface area contributed by atoms with Crippen LogP contribution in [0.2, 0.25) is 0 Å². The highest BCUT2D eigenvalue weighted by atomic mass is 16.3. The summed E-state index contributed by atoms with van der Waals surface area (Å²) in [4.78, 5) is 12.9. The van der Waals surface area contributed by atoms with Crippen LogP contribution in [0.15, 0.2) is 78.0 Å². The van der Waals surface area contributed by atoms with Crippen LogP contribution in [0.1, 0.15) is 5.69 Å². The molecule has 0 fully saturated rings. The van der Waals surface area contributed by atoms with Crippen LogP contribution >= 0.6 is 0 Å². The molecule has 5 nitrogen and oxygen atoms in total. The molecule has 4 rings (SSSR count). The smallest absolute Gasteiger partial charge is 0.143 e. The highest BCUT2D eigenvalue weighted by Crippen LogP contribution is 2.33. The molecule has 0 saturated carbocycles. The largest absolute Gasteiger partial charge is 0.507 e. The Labute approximate surface area is 150 Å². The quantitative estimate of drug-likeness (QED) is 0.539. The van der Waals surface area contributed by atoms with Gasteiger partial charge in [-0.25, -0.2) is 4.98 Å². The first kappa shape index (κ1) is 15.8. The molecule has 0 aliphatic carbocycles. The Kier molecular flexibility index (Phi) is 4.03. The normalized spacial score (nSPS) is 11.2. The SMILES string of the molecule is Oc1cnccc1-c1cccc(C=Nc2cccc3cccc(O)c23)n1. The number of phenols is 1. The summed E-state index contributed by atoms with van der Waals surface area (Å²) in [6.45, 7) is 0. The molecular formula is C21H15N3O2. The van der Waals surface area contributed by atoms with Gasteiger partial charge in [-0.05, 0) is 35.7 Å². The number of fused-ring (bicyclic) bond motifs is 1. The van der Waals surface area contributed by atoms with Gasteiger partial charge in [0.1, 0.15) is 11.5 Å². The van der Waals surface area contributed by atoms with Crippen LogP contribution in [0.5, 0.6) is 11.5 Å². The summed E-state index contributed by atoms with van der Waals surface area (Å²) in [7, 11) is 0. The Bertz CT molecular complexity index is 1120. The van der Waals surface area contributed by atoms with Crippen molar-refractivity contribution in [2.75, 3.05) is 0 Å². The fourth-order valence-corrected chi connectivity index (χ4v) is 2.82. The maximum Gasteiger partial charge on any atom is 0.143 e. The molecule has 2 aromatic carbocycles. The second-order valence-corrected chi connectivity index (χ2v) is 5.75. The third-order valence-corrected chi connectivity index (χ3v) is 4.04. The Morgan fingerprint density at radius 1 is 0.846 bits per heavy atom. The molecule has 0 aliphatic heterocycles. The molecule has 2 heterocycles. The predicted octanol–water partition coefficient (Wildman–Crippen LogP) is 4.46. The minimum absolute atomic E-state index is 0.0769. The van der Waals surface area contributed by atoms with Crippen molar-refractivity contribution in [3.05, 3.63) is 78.8 Å². The van der Waals surface area contributed by atoms with Crippen molar-refractivity contribution in [3.8, 4) is 22.8 Å². The molecule has 0 radical (unpaired) electrons. The lowest BCUT2D eigenvalue weighted by atomic mass is 10.1. The lowest BCUT2D eigenvalue weighted by Crippen LogP contribution is -1.91. The third kappa shape index (κ3) is 2.98. The highest BCUT2D eigenvalue weighted by molar-refractivity contribution is 5.99. The van der Waals surface area contributed by atoms with E-state index in [1.54, 1.807) is 30.6 Å². The first-order chi connectivity index (χ1) is 12.7. The molecule has 0 unspecified atom stereocenters. The Hall–Kier alpha value is -3.73. The molecule has 26 heavy (non-hydrogen) atoms. The summed E-state index contributed by atoms with van der Waals surface area (Å²) >= 11 is 0. The van der Waals surface area contributed by atoms with Gasteiger partial charge in [0.15, 0.2) is 0 Å². The average Bonchev–Trinajstić information content (AvgIpc) is 2.67. The van der Waals surface area contributed by atoms with E-state index in [1.165, 1.54) is 6.20 Å². The first-order valence-corrected chi connectivity index (χ1v) is 8.07. The average molecular weight is 341 g/mol. The number of aliphatic imine (C=N–C) groups is 1. The number of nitrogens with zero attached hydrogens (tertiary/aromatic N) is 3. The van der Waals surface area contributed by atoms with E-state index in [9.17, 15) is 10.2 Å². The number of pyridine rings is 2. The minimum Gasteiger partial charge on any atom is -0.507 e. The molecule has 2 aromatic heterocycles. The monoisotopic (exact) mass is 341 g/mol. The molecule has 0 spiro atoms. The predicted molar refractivity (Wildman–Crippen MR) is 102 cm³/mol. The fraction of sp³-hybridized carbons (Fsp3) is 0. The zero-order valence-corrected chi connectivity index (χ0v) is 13.7. The molecule has 126 valence electrons. The molecule has 2 N–H and O–H groups in total. The van der Waals surface area contributed by atoms with Crippen molar-refractivity contribution >= 4 is 22.7 Å². The molecule has 0 amide bonds. The van der Waals surface area contributed by atoms with Crippen LogP contribution in [0, 0.1) is 0 Å². The number of rotatable bonds is 3. The zero-order valence-electron chi connectivity index (χ0n) is 13.7. The topological polar surface area (TPSA) is 78.6 Å². The van der Waals surface area contributed by atoms with E-state index >= 15 is 0 Å². The number of benzene rings is 2. The van der Waals surface area contributed by atoms with Gasteiger partial charge in [0.25, 0.3) is 0 Å². The van der Waals surface area contributed by atoms with Gasteiger partial charge >= 0.3 is 0 Å². The van der Waals surface area contributed by atoms with Gasteiger partial charge in [-0.1, -0.05) is 30.3 Å². The molecular weight excluding hydrogens is 326 g/mol. The maximum atomic E-state index is 10.1. The Morgan fingerprint density at radius 3 is 2.50 bits per heavy atom. The van der Waals surface area contributed by atoms with Gasteiger partial charge in [0, 0.05) is 17.1 Å². The van der Waals surface area contributed by atoms with Gasteiger partial charge in [-0.2, -0.15) is 0 Å². The maximum absolute atomic E-state index is 10.1. The number of aromatic nitrogens is 2. The second kappa shape index (κ2) is 6.64. The van der Waals surface area contributed by atoms with Crippen LogP contribution in [0.3, 0.4) is 0 Å². The third-order valence-electron chi connectivity index (χ3n) is 4.04. The fourth-order valence-electron chi connectivity index (χ4n) is 2.82. The van der Waals surface area contributed by atoms with Crippen molar-refractivity contribution < 1.29 is 10.2 Å². The summed E-state index contributed by atoms with van der Waals surface area (Å²) in [6.07, 6.45) is 4.63. The standard InChI is InChI=1S/C21H15N3O2/c25-19-9-2-5-14-4-1-8-18(21(14)19)23-12-15-6-3-7-17(24-15)16-10-11-22-13-20(16)26/h1-13,25-26H. The Morgan fingerprint density at radius 2 is 1.65 bits per heavy atom. The molecule has 0 atom stereocenters. The minimum atomic E-state index is 0.0769. The van der Waals surface area contributed by atoms with E-state index in [4.69, 9.17) is 0 Å². The molecule has 0 bridgehead atoms. The van der Waals surface area contributed by atoms with Crippen molar-refractivity contribution in [2.45, 2.75) is 0 Å². The van der Waals surface area contributed by atoms with Gasteiger partial charge in [0.05, 0.1) is 29.5 Å². The van der Waals surface area contributed by atoms with Gasteiger partial charge in [-0.3, -0.25) is 9.98 Å². The summed E-state index contributed by atoms with van der Waals surface area (Å²) in [6, 6.07) is 18.3. The van der Waals surface area contributed by atoms with Crippen molar-refractivity contribution in [1.29, 1.82) is 0 Å². The van der Waals surface area contributed by atoms with E-state index in [1.807, 2.05) is 42.5 Å². The molecule has 4 aromatic rings. The number of hydrogen-bond acceptors (Lipinski definition) is 5. The lowest BCUT2D eigenvalue weighted by molar-refractivity contribution is 0.474. The second-order valence-electron chi connectivity index (χ2n) is 5.75. The highest BCUT2D eigenvalue weighted by Gasteiger charge is 2.06. The van der Waals surface area contributed by atoms with Gasteiger partial charge in [0.2, 0.25) is 0 Å². The zero-order chi connectivity index (χ0) is 17.9. The van der Waals surface area contributed by atoms with E-state index < -0.39 is 0 Å². The summed E-state index contributed by atoms with van der Waals surface area (Å²) in [5.41, 5.74) is 2.55. The van der Waals surface area contributed by atoms with Crippen molar-refractivity contribution in [2.24, 2.45) is 4.99 Å². The number of aromatic hydroxyl groups is 2. The van der Waals surface area contributed by atoms with Gasteiger partial charge < -0.3 is 10.2 Å². The molecule has 0 saturated heterocycles. The number of hydrogen-bond donors (Lipinski definition) is 2. The Balaban J connectivity index is 1.73. The van der Waals surface area contributed by atoms with E-state index in [2.05, 4.69) is 15.0 Å².